The van der Waals surface area contributed by atoms with Gasteiger partial charge in [0.1, 0.15) is 0 Å². The van der Waals surface area contributed by atoms with Gasteiger partial charge in [-0.1, -0.05) is 0 Å². The van der Waals surface area contributed by atoms with Gasteiger partial charge in [0.05, 0.1) is 0 Å². The summed E-state index contributed by atoms with van der Waals surface area (Å²) in [5, 5.41) is -2.28. The highest BCUT2D eigenvalue weighted by molar-refractivity contribution is 9.09. The fourth-order valence-corrected chi connectivity index (χ4v) is 1.40. The molecule has 0 bridgehead atoms. The van der Waals surface area contributed by atoms with E-state index in [1.807, 2.05) is 0 Å². The molecule has 5 heteroatoms. The zero-order chi connectivity index (χ0) is 8.81. The van der Waals surface area contributed by atoms with Crippen LogP contribution in [0.5, 0.6) is 0 Å². The molecule has 11 heavy (non-hydrogen) atoms. The second kappa shape index (κ2) is 2.62. The van der Waals surface area contributed by atoms with E-state index in [9.17, 15) is 13.2 Å². The van der Waals surface area contributed by atoms with Gasteiger partial charge < -0.3 is 0 Å². The van der Waals surface area contributed by atoms with Gasteiger partial charge in [0.15, 0.2) is 0 Å². The van der Waals surface area contributed by atoms with Crippen LogP contribution in [0.3, 0.4) is 0 Å². The van der Waals surface area contributed by atoms with Crippen molar-refractivity contribution in [2.45, 2.75) is 37.1 Å². The fraction of sp³-hybridized carbons (Fsp3) is 1.00. The Kier molecular flexibility index (Phi) is 2.22. The lowest BCUT2D eigenvalue weighted by atomic mass is 10.4. The molecule has 1 fully saturated rings. The zero-order valence-corrected chi connectivity index (χ0v) is 7.78. The maximum atomic E-state index is 12.7. The summed E-state index contributed by atoms with van der Waals surface area (Å²) in [6.45, 7) is 3.29. The van der Waals surface area contributed by atoms with E-state index in [0.29, 0.717) is 0 Å². The first-order valence-corrected chi connectivity index (χ1v) is 4.25. The molecule has 0 spiro atoms. The Hall–Kier alpha value is 0.230. The molecule has 0 aromatic rings. The van der Waals surface area contributed by atoms with Crippen LogP contribution in [0.2, 0.25) is 0 Å². The highest BCUT2D eigenvalue weighted by atomic mass is 79.9. The summed E-state index contributed by atoms with van der Waals surface area (Å²) in [5.41, 5.74) is 0. The van der Waals surface area contributed by atoms with E-state index in [4.69, 9.17) is 0 Å². The van der Waals surface area contributed by atoms with E-state index in [1.165, 1.54) is 0 Å². The van der Waals surface area contributed by atoms with Gasteiger partial charge in [0.2, 0.25) is 5.08 Å². The highest BCUT2D eigenvalue weighted by Gasteiger charge is 2.59. The zero-order valence-electron chi connectivity index (χ0n) is 6.19. The van der Waals surface area contributed by atoms with Gasteiger partial charge in [0.25, 0.3) is 0 Å². The maximum absolute atomic E-state index is 12.7. The summed E-state index contributed by atoms with van der Waals surface area (Å²) in [6, 6.07) is -3.81. The first-order chi connectivity index (χ1) is 4.89. The van der Waals surface area contributed by atoms with Crippen LogP contribution in [0.25, 0.3) is 0 Å². The van der Waals surface area contributed by atoms with Gasteiger partial charge in [-0.3, -0.25) is 0 Å². The van der Waals surface area contributed by atoms with Gasteiger partial charge >= 0.3 is 6.05 Å². The van der Waals surface area contributed by atoms with Crippen LogP contribution in [-0.2, 0) is 0 Å². The first kappa shape index (κ1) is 9.32. The molecule has 1 nitrogen and oxygen atoms in total. The minimum Gasteiger partial charge on any atom is -0.233 e. The van der Waals surface area contributed by atoms with Crippen molar-refractivity contribution in [3.05, 3.63) is 0 Å². The molecule has 1 saturated heterocycles. The average molecular weight is 232 g/mol. The van der Waals surface area contributed by atoms with Crippen molar-refractivity contribution >= 4 is 15.9 Å². The van der Waals surface area contributed by atoms with Crippen molar-refractivity contribution < 1.29 is 13.2 Å². The molecular weight excluding hydrogens is 223 g/mol. The minimum atomic E-state index is -3.36. The van der Waals surface area contributed by atoms with E-state index in [1.54, 1.807) is 13.8 Å². The largest absolute Gasteiger partial charge is 0.346 e. The molecule has 0 amide bonds. The Morgan fingerprint density at radius 1 is 1.36 bits per heavy atom. The van der Waals surface area contributed by atoms with Crippen LogP contribution >= 0.6 is 15.9 Å². The standard InChI is InChI=1S/C6H9BrF3N/c1-3-4(2)11(3)6(9,10)5(7)8/h3-5H,1-2H3. The van der Waals surface area contributed by atoms with Crippen LogP contribution in [-0.4, -0.2) is 28.1 Å². The number of rotatable bonds is 2. The van der Waals surface area contributed by atoms with Crippen LogP contribution in [0.1, 0.15) is 13.8 Å². The number of hydrogen-bond donors (Lipinski definition) is 0. The number of alkyl halides is 4. The quantitative estimate of drug-likeness (QED) is 0.401. The topological polar surface area (TPSA) is 3.01 Å². The molecule has 3 unspecified atom stereocenters. The Labute approximate surface area is 71.7 Å². The Bertz CT molecular complexity index is 154. The van der Waals surface area contributed by atoms with Crippen molar-refractivity contribution in [1.29, 1.82) is 0 Å². The van der Waals surface area contributed by atoms with Crippen LogP contribution < -0.4 is 0 Å². The fourth-order valence-electron chi connectivity index (χ4n) is 1.16. The molecule has 0 aliphatic carbocycles. The van der Waals surface area contributed by atoms with Crippen molar-refractivity contribution in [2.75, 3.05) is 0 Å². The van der Waals surface area contributed by atoms with E-state index >= 15 is 0 Å². The lowest BCUT2D eigenvalue weighted by Crippen LogP contribution is -2.36. The third kappa shape index (κ3) is 1.40. The highest BCUT2D eigenvalue weighted by Crippen LogP contribution is 2.43. The van der Waals surface area contributed by atoms with E-state index in [-0.39, 0.29) is 12.1 Å². The molecule has 1 rings (SSSR count). The third-order valence-electron chi connectivity index (χ3n) is 2.09. The van der Waals surface area contributed by atoms with Crippen molar-refractivity contribution in [1.82, 2.24) is 4.90 Å². The van der Waals surface area contributed by atoms with E-state index in [2.05, 4.69) is 15.9 Å². The molecule has 0 aromatic heterocycles. The predicted molar refractivity (Wildman–Crippen MR) is 39.5 cm³/mol. The number of nitrogens with zero attached hydrogens (tertiary/aromatic N) is 1. The Morgan fingerprint density at radius 3 is 1.82 bits per heavy atom. The molecule has 0 N–H and O–H groups in total. The first-order valence-electron chi connectivity index (χ1n) is 3.33. The maximum Gasteiger partial charge on any atom is 0.346 e. The Balaban J connectivity index is 2.61. The van der Waals surface area contributed by atoms with Gasteiger partial charge in [-0.25, -0.2) is 9.29 Å². The van der Waals surface area contributed by atoms with Gasteiger partial charge in [0, 0.05) is 12.1 Å². The van der Waals surface area contributed by atoms with Gasteiger partial charge in [-0.05, 0) is 29.8 Å². The molecule has 0 radical (unpaired) electrons. The molecule has 66 valence electrons. The normalized spacial score (nSPS) is 40.4. The van der Waals surface area contributed by atoms with Gasteiger partial charge in [-0.15, -0.1) is 0 Å². The van der Waals surface area contributed by atoms with Crippen LogP contribution in [0.15, 0.2) is 0 Å². The second-order valence-corrected chi connectivity index (χ2v) is 3.58. The van der Waals surface area contributed by atoms with E-state index < -0.39 is 11.1 Å². The van der Waals surface area contributed by atoms with Crippen molar-refractivity contribution in [3.8, 4) is 0 Å². The van der Waals surface area contributed by atoms with Crippen molar-refractivity contribution in [2.24, 2.45) is 0 Å². The monoisotopic (exact) mass is 231 g/mol. The van der Waals surface area contributed by atoms with Crippen LogP contribution in [0, 0.1) is 0 Å². The summed E-state index contributed by atoms with van der Waals surface area (Å²) >= 11 is 2.23. The minimum absolute atomic E-state index is 0.221. The molecule has 0 aromatic carbocycles. The summed E-state index contributed by atoms with van der Waals surface area (Å²) in [4.78, 5) is 0.840. The SMILES string of the molecule is CC1C(C)N1C(F)(F)C(F)Br. The lowest BCUT2D eigenvalue weighted by molar-refractivity contribution is -0.125. The van der Waals surface area contributed by atoms with Gasteiger partial charge in [-0.2, -0.15) is 8.78 Å². The number of hydrogen-bond acceptors (Lipinski definition) is 1. The molecule has 1 aliphatic rings. The van der Waals surface area contributed by atoms with E-state index in [0.717, 1.165) is 4.90 Å². The predicted octanol–water partition coefficient (Wildman–Crippen LogP) is 2.36. The smallest absolute Gasteiger partial charge is 0.233 e. The van der Waals surface area contributed by atoms with Crippen molar-refractivity contribution in [3.63, 3.8) is 0 Å². The Morgan fingerprint density at radius 2 is 1.73 bits per heavy atom. The molecule has 3 atom stereocenters. The molecule has 1 aliphatic heterocycles. The summed E-state index contributed by atoms with van der Waals surface area (Å²) in [5.74, 6) is 0. The molecule has 1 heterocycles. The summed E-state index contributed by atoms with van der Waals surface area (Å²) in [6.07, 6.45) is 0. The number of halogens is 4. The summed E-state index contributed by atoms with van der Waals surface area (Å²) < 4.78 is 37.7. The molecular formula is C6H9BrF3N. The molecule has 0 saturated carbocycles. The average Bonchev–Trinajstić information content (AvgIpc) is 2.41. The van der Waals surface area contributed by atoms with Crippen LogP contribution in [0.4, 0.5) is 13.2 Å². The lowest BCUT2D eigenvalue weighted by Gasteiger charge is -2.18. The third-order valence-corrected chi connectivity index (χ3v) is 2.64. The second-order valence-electron chi connectivity index (χ2n) is 2.78. The summed E-state index contributed by atoms with van der Waals surface area (Å²) in [7, 11) is 0.